The second-order valence-corrected chi connectivity index (χ2v) is 10.4. The van der Waals surface area contributed by atoms with Crippen LogP contribution >= 0.6 is 46.4 Å². The van der Waals surface area contributed by atoms with Crippen molar-refractivity contribution in [3.63, 3.8) is 0 Å². The molecule has 192 valence electrons. The second-order valence-electron chi connectivity index (χ2n) is 8.68. The van der Waals surface area contributed by atoms with Crippen LogP contribution in [-0.4, -0.2) is 10.5 Å². The molecule has 0 spiro atoms. The molecule has 0 N–H and O–H groups in total. The zero-order valence-corrected chi connectivity index (χ0v) is 23.3. The number of aromatic nitrogens is 2. The number of nitrogens with zero attached hydrogens (tertiary/aromatic N) is 2. The molecule has 9 heteroatoms. The molecule has 0 fully saturated rings. The summed E-state index contributed by atoms with van der Waals surface area (Å²) in [5.41, 5.74) is 3.64. The van der Waals surface area contributed by atoms with Crippen LogP contribution in [0.25, 0.3) is 0 Å². The highest BCUT2D eigenvalue weighted by Gasteiger charge is 2.21. The zero-order valence-electron chi connectivity index (χ0n) is 20.3. The van der Waals surface area contributed by atoms with Gasteiger partial charge in [0.25, 0.3) is 0 Å². The number of hydrogen-bond acceptors (Lipinski definition) is 3. The Bertz CT molecular complexity index is 1420. The Morgan fingerprint density at radius 3 is 2.38 bits per heavy atom. The van der Waals surface area contributed by atoms with Crippen molar-refractivity contribution in [3.05, 3.63) is 116 Å². The number of halogens is 4. The molecule has 0 aliphatic heterocycles. The standard InChI is InChI=1S/C28H25Cl4N2O3/c1-18-11-20(3-8-27(18)37-19(2)35)14-33-9-10-34(17-33)15-28(24-7-6-23(30)13-26(24)32)36-16-21-4-5-22(29)12-25(21)31/h3-13,17,28H,14-16H2,1-2H3/q+1. The molecule has 1 heterocycles. The van der Waals surface area contributed by atoms with Crippen LogP contribution in [0.4, 0.5) is 0 Å². The first-order chi connectivity index (χ1) is 17.7. The van der Waals surface area contributed by atoms with E-state index in [-0.39, 0.29) is 18.7 Å². The number of esters is 1. The Hall–Kier alpha value is -2.54. The van der Waals surface area contributed by atoms with Gasteiger partial charge in [0, 0.05) is 32.6 Å². The van der Waals surface area contributed by atoms with E-state index in [9.17, 15) is 4.79 Å². The fraction of sp³-hybridized carbons (Fsp3) is 0.214. The van der Waals surface area contributed by atoms with E-state index in [4.69, 9.17) is 55.9 Å². The maximum absolute atomic E-state index is 11.3. The summed E-state index contributed by atoms with van der Waals surface area (Å²) in [5.74, 6) is 0.234. The third-order valence-corrected chi connectivity index (χ3v) is 6.89. The first-order valence-corrected chi connectivity index (χ1v) is 13.0. The largest absolute Gasteiger partial charge is 0.426 e. The number of rotatable bonds is 9. The predicted octanol–water partition coefficient (Wildman–Crippen LogP) is 7.63. The van der Waals surface area contributed by atoms with Crippen LogP contribution in [0.1, 0.15) is 35.3 Å². The van der Waals surface area contributed by atoms with Gasteiger partial charge in [-0.15, -0.1) is 0 Å². The first kappa shape index (κ1) is 27.5. The average molecular weight is 579 g/mol. The summed E-state index contributed by atoms with van der Waals surface area (Å²) in [6.07, 6.45) is 5.62. The number of carbonyl (C=O) groups is 1. The minimum atomic E-state index is -0.359. The van der Waals surface area contributed by atoms with Crippen LogP contribution in [0.3, 0.4) is 0 Å². The fourth-order valence-corrected chi connectivity index (χ4v) is 4.95. The molecule has 5 nitrogen and oxygen atoms in total. The highest BCUT2D eigenvalue weighted by Crippen LogP contribution is 2.31. The van der Waals surface area contributed by atoms with E-state index >= 15 is 0 Å². The molecule has 37 heavy (non-hydrogen) atoms. The summed E-state index contributed by atoms with van der Waals surface area (Å²) in [4.78, 5) is 11.3. The Kier molecular flexibility index (Phi) is 9.17. The maximum Gasteiger partial charge on any atom is 0.308 e. The number of hydrogen-bond donors (Lipinski definition) is 0. The lowest BCUT2D eigenvalue weighted by Gasteiger charge is -2.19. The smallest absolute Gasteiger partial charge is 0.308 e. The third kappa shape index (κ3) is 7.50. The van der Waals surface area contributed by atoms with Crippen LogP contribution in [0, 0.1) is 6.92 Å². The van der Waals surface area contributed by atoms with Gasteiger partial charge in [0.2, 0.25) is 6.33 Å². The van der Waals surface area contributed by atoms with E-state index in [1.165, 1.54) is 6.92 Å². The van der Waals surface area contributed by atoms with E-state index in [0.29, 0.717) is 38.9 Å². The number of carbonyl (C=O) groups excluding carboxylic acids is 1. The summed E-state index contributed by atoms with van der Waals surface area (Å²) < 4.78 is 15.7. The monoisotopic (exact) mass is 577 g/mol. The van der Waals surface area contributed by atoms with Gasteiger partial charge < -0.3 is 9.47 Å². The van der Waals surface area contributed by atoms with E-state index in [1.54, 1.807) is 24.3 Å². The van der Waals surface area contributed by atoms with Crippen LogP contribution < -0.4 is 9.30 Å². The SMILES string of the molecule is CC(=O)Oc1ccc(C[n+]2ccn(CC(OCc3ccc(Cl)cc3Cl)c3ccc(Cl)cc3Cl)c2)cc1C. The van der Waals surface area contributed by atoms with Gasteiger partial charge in [0.05, 0.1) is 6.61 Å². The molecule has 0 aliphatic rings. The average Bonchev–Trinajstić information content (AvgIpc) is 3.26. The quantitative estimate of drug-likeness (QED) is 0.116. The number of benzene rings is 3. The molecule has 0 saturated carbocycles. The molecular weight excluding hydrogens is 554 g/mol. The van der Waals surface area contributed by atoms with Crippen molar-refractivity contribution in [1.29, 1.82) is 0 Å². The normalized spacial score (nSPS) is 11.9. The lowest BCUT2D eigenvalue weighted by Crippen LogP contribution is -2.31. The molecule has 0 bridgehead atoms. The van der Waals surface area contributed by atoms with E-state index in [2.05, 4.69) is 4.57 Å². The number of ether oxygens (including phenoxy) is 2. The van der Waals surface area contributed by atoms with Gasteiger partial charge in [-0.1, -0.05) is 64.6 Å². The Morgan fingerprint density at radius 1 is 0.973 bits per heavy atom. The molecule has 4 rings (SSSR count). The summed E-state index contributed by atoms with van der Waals surface area (Å²) in [7, 11) is 0. The van der Waals surface area contributed by atoms with Crippen LogP contribution in [0.2, 0.25) is 20.1 Å². The van der Waals surface area contributed by atoms with Crippen molar-refractivity contribution < 1.29 is 18.8 Å². The van der Waals surface area contributed by atoms with E-state index in [0.717, 1.165) is 22.3 Å². The van der Waals surface area contributed by atoms with Crippen molar-refractivity contribution in [2.45, 2.75) is 39.6 Å². The molecule has 0 aliphatic carbocycles. The molecule has 1 atom stereocenters. The first-order valence-electron chi connectivity index (χ1n) is 11.5. The molecule has 3 aromatic carbocycles. The molecule has 0 amide bonds. The van der Waals surface area contributed by atoms with E-state index < -0.39 is 0 Å². The highest BCUT2D eigenvalue weighted by atomic mass is 35.5. The summed E-state index contributed by atoms with van der Waals surface area (Å²) >= 11 is 25.1. The van der Waals surface area contributed by atoms with Crippen LogP contribution in [0.5, 0.6) is 5.75 Å². The lowest BCUT2D eigenvalue weighted by atomic mass is 10.1. The lowest BCUT2D eigenvalue weighted by molar-refractivity contribution is -0.687. The fourth-order valence-electron chi connectivity index (χ4n) is 3.95. The van der Waals surface area contributed by atoms with Gasteiger partial charge in [-0.3, -0.25) is 4.79 Å². The summed E-state index contributed by atoms with van der Waals surface area (Å²) in [5, 5.41) is 2.20. The topological polar surface area (TPSA) is 44.3 Å². The molecule has 1 aromatic heterocycles. The van der Waals surface area contributed by atoms with Crippen molar-refractivity contribution in [2.75, 3.05) is 0 Å². The Morgan fingerprint density at radius 2 is 1.70 bits per heavy atom. The van der Waals surface area contributed by atoms with Crippen LogP contribution in [-0.2, 0) is 29.2 Å². The summed E-state index contributed by atoms with van der Waals surface area (Å²) in [6, 6.07) is 16.5. The molecule has 0 radical (unpaired) electrons. The van der Waals surface area contributed by atoms with Crippen molar-refractivity contribution in [2.24, 2.45) is 0 Å². The zero-order chi connectivity index (χ0) is 26.5. The van der Waals surface area contributed by atoms with Gasteiger partial charge in [-0.2, -0.15) is 0 Å². The van der Waals surface area contributed by atoms with Gasteiger partial charge >= 0.3 is 5.97 Å². The molecular formula is C28H25Cl4N2O3+. The summed E-state index contributed by atoms with van der Waals surface area (Å²) in [6.45, 7) is 4.77. The number of imidazole rings is 1. The Labute approximate surface area is 236 Å². The van der Waals surface area contributed by atoms with Crippen molar-refractivity contribution in [3.8, 4) is 5.75 Å². The predicted molar refractivity (Wildman–Crippen MR) is 147 cm³/mol. The van der Waals surface area contributed by atoms with Gasteiger partial charge in [-0.05, 0) is 60.0 Å². The van der Waals surface area contributed by atoms with Crippen molar-refractivity contribution in [1.82, 2.24) is 4.57 Å². The van der Waals surface area contributed by atoms with E-state index in [1.807, 2.05) is 60.5 Å². The maximum atomic E-state index is 11.3. The minimum absolute atomic E-state index is 0.287. The van der Waals surface area contributed by atoms with Gasteiger partial charge in [0.15, 0.2) is 0 Å². The van der Waals surface area contributed by atoms with Crippen LogP contribution in [0.15, 0.2) is 73.3 Å². The minimum Gasteiger partial charge on any atom is -0.426 e. The molecule has 0 saturated heterocycles. The van der Waals surface area contributed by atoms with Gasteiger partial charge in [0.1, 0.15) is 37.3 Å². The van der Waals surface area contributed by atoms with Gasteiger partial charge in [-0.25, -0.2) is 9.13 Å². The Balaban J connectivity index is 1.51. The highest BCUT2D eigenvalue weighted by molar-refractivity contribution is 6.35. The van der Waals surface area contributed by atoms with Crippen molar-refractivity contribution >= 4 is 52.4 Å². The second kappa shape index (κ2) is 12.3. The third-order valence-electron chi connectivity index (χ3n) is 5.75. The molecule has 4 aromatic rings. The number of aryl methyl sites for hydroxylation is 1. The molecule has 1 unspecified atom stereocenters.